The monoisotopic (exact) mass is 532 g/mol. The van der Waals surface area contributed by atoms with E-state index in [1.54, 1.807) is 29.7 Å². The van der Waals surface area contributed by atoms with Crippen molar-refractivity contribution < 1.29 is 33.4 Å². The van der Waals surface area contributed by atoms with Gasteiger partial charge in [0, 0.05) is 17.3 Å². The number of ether oxygens (including phenoxy) is 3. The van der Waals surface area contributed by atoms with E-state index in [0.29, 0.717) is 21.7 Å². The predicted octanol–water partition coefficient (Wildman–Crippen LogP) is 1.83. The van der Waals surface area contributed by atoms with Crippen LogP contribution in [0.4, 0.5) is 0 Å². The maximum atomic E-state index is 12.7. The van der Waals surface area contributed by atoms with Crippen LogP contribution in [0.1, 0.15) is 6.92 Å². The maximum Gasteiger partial charge on any atom is 0.336 e. The average Bonchev–Trinajstić information content (AvgIpc) is 2.74. The van der Waals surface area contributed by atoms with E-state index in [1.165, 1.54) is 23.6 Å². The number of benzene rings is 1. The van der Waals surface area contributed by atoms with Crippen molar-refractivity contribution in [2.45, 2.75) is 24.4 Å². The molecule has 2 unspecified atom stereocenters. The quantitative estimate of drug-likeness (QED) is 0.233. The second kappa shape index (κ2) is 10.4. The number of nitrogens with one attached hydrogen (secondary N) is 1. The lowest BCUT2D eigenvalue weighted by molar-refractivity contribution is -0.174. The standard InChI is InChI=1S/C19H18BrClN2O7S/c1-10(24)29-9-30-19(27)16-11(6-20)8-31-18-15(17(26)23(16)18)22-14(25)7-28-13-4-2-3-12(21)5-13/h2-5,8,15-16,18H,6-7,9H2,1H3,(H,22,25)/t15?,16?,18-/m1/s1. The highest BCUT2D eigenvalue weighted by Gasteiger charge is 2.56. The Labute approximate surface area is 195 Å². The molecule has 2 heterocycles. The number of carbonyl (C=O) groups excluding carboxylic acids is 4. The molecule has 3 atom stereocenters. The number of hydrogen-bond donors (Lipinski definition) is 1. The second-order valence-electron chi connectivity index (χ2n) is 6.51. The minimum Gasteiger partial charge on any atom is -0.484 e. The molecule has 1 aromatic rings. The molecule has 0 bridgehead atoms. The van der Waals surface area contributed by atoms with Gasteiger partial charge in [-0.05, 0) is 29.2 Å². The van der Waals surface area contributed by atoms with Crippen molar-refractivity contribution in [2.24, 2.45) is 0 Å². The molecule has 0 saturated carbocycles. The number of carbonyl (C=O) groups is 4. The van der Waals surface area contributed by atoms with Crippen LogP contribution in [-0.4, -0.2) is 64.8 Å². The Morgan fingerprint density at radius 1 is 1.29 bits per heavy atom. The number of hydrogen-bond acceptors (Lipinski definition) is 8. The Hall–Kier alpha value is -2.24. The van der Waals surface area contributed by atoms with Crippen LogP contribution in [0.3, 0.4) is 0 Å². The molecule has 1 fully saturated rings. The van der Waals surface area contributed by atoms with Crippen LogP contribution >= 0.6 is 39.3 Å². The van der Waals surface area contributed by atoms with E-state index in [-0.39, 0.29) is 6.61 Å². The largest absolute Gasteiger partial charge is 0.484 e. The molecule has 2 amide bonds. The van der Waals surface area contributed by atoms with Gasteiger partial charge < -0.3 is 24.4 Å². The molecule has 0 spiro atoms. The van der Waals surface area contributed by atoms with Gasteiger partial charge in [-0.15, -0.1) is 11.8 Å². The first-order valence-electron chi connectivity index (χ1n) is 9.02. The molecule has 3 rings (SSSR count). The summed E-state index contributed by atoms with van der Waals surface area (Å²) in [6.45, 7) is 0.353. The Kier molecular flexibility index (Phi) is 7.84. The van der Waals surface area contributed by atoms with Gasteiger partial charge in [-0.1, -0.05) is 33.6 Å². The van der Waals surface area contributed by atoms with E-state index in [2.05, 4.69) is 26.0 Å². The molecule has 166 valence electrons. The molecular weight excluding hydrogens is 516 g/mol. The van der Waals surface area contributed by atoms with Crippen molar-refractivity contribution in [1.82, 2.24) is 10.2 Å². The van der Waals surface area contributed by atoms with Crippen LogP contribution in [0.2, 0.25) is 5.02 Å². The molecule has 2 aliphatic rings. The summed E-state index contributed by atoms with van der Waals surface area (Å²) in [5.74, 6) is -1.79. The van der Waals surface area contributed by atoms with Crippen molar-refractivity contribution in [3.8, 4) is 5.75 Å². The average molecular weight is 534 g/mol. The van der Waals surface area contributed by atoms with Crippen molar-refractivity contribution in [1.29, 1.82) is 0 Å². The highest BCUT2D eigenvalue weighted by Crippen LogP contribution is 2.40. The molecule has 31 heavy (non-hydrogen) atoms. The summed E-state index contributed by atoms with van der Waals surface area (Å²) in [6, 6.07) is 4.82. The number of β-lactam (4-membered cyclic amide) rings is 1. The fraction of sp³-hybridized carbons (Fsp3) is 0.368. The number of thioether (sulfide) groups is 1. The molecule has 12 heteroatoms. The van der Waals surface area contributed by atoms with Gasteiger partial charge in [0.25, 0.3) is 5.91 Å². The normalized spacial score (nSPS) is 21.9. The second-order valence-corrected chi connectivity index (χ2v) is 8.50. The van der Waals surface area contributed by atoms with E-state index in [9.17, 15) is 19.2 Å². The zero-order valence-corrected chi connectivity index (χ0v) is 19.4. The third-order valence-corrected chi connectivity index (χ3v) is 6.49. The van der Waals surface area contributed by atoms with Crippen LogP contribution in [0.25, 0.3) is 0 Å². The lowest BCUT2D eigenvalue weighted by Gasteiger charge is -2.51. The number of rotatable bonds is 8. The van der Waals surface area contributed by atoms with Crippen LogP contribution in [0, 0.1) is 0 Å². The summed E-state index contributed by atoms with van der Waals surface area (Å²) >= 11 is 10.5. The summed E-state index contributed by atoms with van der Waals surface area (Å²) in [7, 11) is 0. The van der Waals surface area contributed by atoms with Gasteiger partial charge in [-0.25, -0.2) is 4.79 Å². The van der Waals surface area contributed by atoms with Gasteiger partial charge in [0.1, 0.15) is 17.2 Å². The highest BCUT2D eigenvalue weighted by molar-refractivity contribution is 9.09. The Bertz CT molecular complexity index is 928. The van der Waals surface area contributed by atoms with Gasteiger partial charge in [0.2, 0.25) is 12.7 Å². The lowest BCUT2D eigenvalue weighted by atomic mass is 9.99. The Balaban J connectivity index is 1.59. The van der Waals surface area contributed by atoms with E-state index in [4.69, 9.17) is 21.1 Å². The van der Waals surface area contributed by atoms with Crippen molar-refractivity contribution in [2.75, 3.05) is 18.7 Å². The first kappa shape index (κ1) is 23.4. The third-order valence-electron chi connectivity index (χ3n) is 4.39. The number of nitrogens with zero attached hydrogens (tertiary/aromatic N) is 1. The first-order valence-corrected chi connectivity index (χ1v) is 11.5. The summed E-state index contributed by atoms with van der Waals surface area (Å²) in [5.41, 5.74) is 0.622. The SMILES string of the molecule is CC(=O)OCOC(=O)C1C(CBr)=CS[C@@H]2C(NC(=O)COc3cccc(Cl)c3)C(=O)N12. The maximum absolute atomic E-state index is 12.7. The van der Waals surface area contributed by atoms with Crippen LogP contribution in [0.15, 0.2) is 35.2 Å². The summed E-state index contributed by atoms with van der Waals surface area (Å²) in [4.78, 5) is 49.7. The van der Waals surface area contributed by atoms with E-state index in [1.807, 2.05) is 0 Å². The first-order chi connectivity index (χ1) is 14.8. The molecule has 0 aliphatic carbocycles. The van der Waals surface area contributed by atoms with E-state index < -0.39 is 48.0 Å². The molecule has 1 aromatic carbocycles. The number of fused-ring (bicyclic) bond motifs is 1. The lowest BCUT2D eigenvalue weighted by Crippen LogP contribution is -2.74. The minimum atomic E-state index is -0.968. The predicted molar refractivity (Wildman–Crippen MR) is 115 cm³/mol. The molecule has 2 aliphatic heterocycles. The van der Waals surface area contributed by atoms with E-state index in [0.717, 1.165) is 0 Å². The molecule has 0 aromatic heterocycles. The molecule has 9 nitrogen and oxygen atoms in total. The fourth-order valence-electron chi connectivity index (χ4n) is 2.98. The Morgan fingerprint density at radius 2 is 2.06 bits per heavy atom. The van der Waals surface area contributed by atoms with Crippen molar-refractivity contribution in [3.05, 3.63) is 40.3 Å². The molecule has 1 saturated heterocycles. The van der Waals surface area contributed by atoms with Gasteiger partial charge in [0.15, 0.2) is 12.6 Å². The minimum absolute atomic E-state index is 0.294. The molecule has 1 N–H and O–H groups in total. The summed E-state index contributed by atoms with van der Waals surface area (Å²) < 4.78 is 15.0. The number of halogens is 2. The van der Waals surface area contributed by atoms with Crippen LogP contribution in [0.5, 0.6) is 5.75 Å². The Morgan fingerprint density at radius 3 is 2.74 bits per heavy atom. The van der Waals surface area contributed by atoms with E-state index >= 15 is 0 Å². The topological polar surface area (TPSA) is 111 Å². The zero-order chi connectivity index (χ0) is 22.5. The highest BCUT2D eigenvalue weighted by atomic mass is 79.9. The van der Waals surface area contributed by atoms with Gasteiger partial charge in [0.05, 0.1) is 0 Å². The van der Waals surface area contributed by atoms with Crippen LogP contribution in [-0.2, 0) is 28.7 Å². The van der Waals surface area contributed by atoms with Gasteiger partial charge >= 0.3 is 11.9 Å². The molecule has 0 radical (unpaired) electrons. The third kappa shape index (κ3) is 5.52. The fourth-order valence-corrected chi connectivity index (χ4v) is 5.07. The number of amides is 2. The smallest absolute Gasteiger partial charge is 0.336 e. The summed E-state index contributed by atoms with van der Waals surface area (Å²) in [5, 5.41) is 4.72. The van der Waals surface area contributed by atoms with Crippen molar-refractivity contribution in [3.63, 3.8) is 0 Å². The summed E-state index contributed by atoms with van der Waals surface area (Å²) in [6.07, 6.45) is 0. The number of esters is 2. The van der Waals surface area contributed by atoms with Gasteiger partial charge in [-0.3, -0.25) is 14.4 Å². The van der Waals surface area contributed by atoms with Crippen LogP contribution < -0.4 is 10.1 Å². The zero-order valence-electron chi connectivity index (χ0n) is 16.2. The molecular formula is C19H18BrClN2O7S. The van der Waals surface area contributed by atoms with Crippen molar-refractivity contribution >= 4 is 63.0 Å². The number of alkyl halides is 1. The van der Waals surface area contributed by atoms with Gasteiger partial charge in [-0.2, -0.15) is 0 Å².